The van der Waals surface area contributed by atoms with Gasteiger partial charge in [-0.05, 0) is 10.9 Å². The number of rotatable bonds is 0. The minimum absolute atomic E-state index is 0.356. The molecular formula is C8H11NS. The zero-order valence-electron chi connectivity index (χ0n) is 6.27. The second-order valence-electron chi connectivity index (χ2n) is 3.44. The number of nitrogens with one attached hydrogen (secondary N) is 1. The monoisotopic (exact) mass is 153 g/mol. The zero-order valence-corrected chi connectivity index (χ0v) is 7.09. The van der Waals surface area contributed by atoms with Gasteiger partial charge in [-0.25, -0.2) is 0 Å². The van der Waals surface area contributed by atoms with E-state index >= 15 is 0 Å². The second kappa shape index (κ2) is 1.76. The summed E-state index contributed by atoms with van der Waals surface area (Å²) in [4.78, 5) is 0. The summed E-state index contributed by atoms with van der Waals surface area (Å²) < 4.78 is 0. The predicted octanol–water partition coefficient (Wildman–Crippen LogP) is 2.45. The lowest BCUT2D eigenvalue weighted by molar-refractivity contribution is 0.587. The number of anilines is 1. The van der Waals surface area contributed by atoms with Gasteiger partial charge >= 0.3 is 0 Å². The maximum absolute atomic E-state index is 3.38. The molecule has 0 saturated heterocycles. The fraction of sp³-hybridized carbons (Fsp3) is 0.500. The van der Waals surface area contributed by atoms with Crippen LogP contribution in [0, 0.1) is 0 Å². The minimum atomic E-state index is 0.356. The molecule has 1 aliphatic heterocycles. The molecule has 1 aliphatic rings. The van der Waals surface area contributed by atoms with Gasteiger partial charge in [0.2, 0.25) is 0 Å². The minimum Gasteiger partial charge on any atom is -0.383 e. The van der Waals surface area contributed by atoms with Crippen molar-refractivity contribution in [2.24, 2.45) is 0 Å². The summed E-state index contributed by atoms with van der Waals surface area (Å²) in [7, 11) is 0. The molecule has 10 heavy (non-hydrogen) atoms. The molecule has 0 unspecified atom stereocenters. The molecule has 1 aromatic heterocycles. The summed E-state index contributed by atoms with van der Waals surface area (Å²) in [5, 5.41) is 7.81. The Morgan fingerprint density at radius 1 is 1.50 bits per heavy atom. The van der Waals surface area contributed by atoms with Crippen LogP contribution in [0.4, 0.5) is 5.69 Å². The molecule has 0 radical (unpaired) electrons. The van der Waals surface area contributed by atoms with Crippen LogP contribution in [-0.4, -0.2) is 6.54 Å². The fourth-order valence-electron chi connectivity index (χ4n) is 1.37. The summed E-state index contributed by atoms with van der Waals surface area (Å²) in [6, 6.07) is 0. The van der Waals surface area contributed by atoms with Gasteiger partial charge in [0, 0.05) is 23.0 Å². The van der Waals surface area contributed by atoms with Crippen molar-refractivity contribution >= 4 is 17.0 Å². The summed E-state index contributed by atoms with van der Waals surface area (Å²) in [5.41, 5.74) is 3.18. The standard InChI is InChI=1S/C8H11NS/c1-8(2)5-9-7-4-10-3-6(7)8/h3-4,9H,5H2,1-2H3. The average Bonchev–Trinajstić information content (AvgIpc) is 2.36. The first-order valence-electron chi connectivity index (χ1n) is 3.51. The Balaban J connectivity index is 2.54. The second-order valence-corrected chi connectivity index (χ2v) is 4.18. The predicted molar refractivity (Wildman–Crippen MR) is 45.8 cm³/mol. The highest BCUT2D eigenvalue weighted by Gasteiger charge is 2.29. The molecule has 54 valence electrons. The molecule has 0 spiro atoms. The van der Waals surface area contributed by atoms with Gasteiger partial charge in [0.15, 0.2) is 0 Å². The van der Waals surface area contributed by atoms with Crippen LogP contribution in [0.25, 0.3) is 0 Å². The first-order chi connectivity index (χ1) is 4.70. The lowest BCUT2D eigenvalue weighted by Gasteiger charge is -2.14. The molecule has 1 aromatic rings. The molecule has 1 nitrogen and oxygen atoms in total. The number of thiophene rings is 1. The molecule has 0 aromatic carbocycles. The average molecular weight is 153 g/mol. The van der Waals surface area contributed by atoms with Crippen molar-refractivity contribution < 1.29 is 0 Å². The van der Waals surface area contributed by atoms with Crippen LogP contribution in [0.3, 0.4) is 0 Å². The van der Waals surface area contributed by atoms with Gasteiger partial charge in [0.1, 0.15) is 0 Å². The first kappa shape index (κ1) is 6.23. The van der Waals surface area contributed by atoms with Crippen LogP contribution in [0.5, 0.6) is 0 Å². The smallest absolute Gasteiger partial charge is 0.0487 e. The Kier molecular flexibility index (Phi) is 1.09. The zero-order chi connectivity index (χ0) is 7.19. The maximum Gasteiger partial charge on any atom is 0.0487 e. The maximum atomic E-state index is 3.38. The molecular weight excluding hydrogens is 142 g/mol. The van der Waals surface area contributed by atoms with E-state index < -0.39 is 0 Å². The van der Waals surface area contributed by atoms with Gasteiger partial charge in [-0.3, -0.25) is 0 Å². The van der Waals surface area contributed by atoms with Gasteiger partial charge in [-0.15, -0.1) is 11.3 Å². The Morgan fingerprint density at radius 2 is 2.30 bits per heavy atom. The van der Waals surface area contributed by atoms with Crippen LogP contribution < -0.4 is 5.32 Å². The third-order valence-corrected chi connectivity index (χ3v) is 2.86. The van der Waals surface area contributed by atoms with Crippen molar-refractivity contribution in [2.75, 3.05) is 11.9 Å². The summed E-state index contributed by atoms with van der Waals surface area (Å²) in [5.74, 6) is 0. The molecule has 0 saturated carbocycles. The highest BCUT2D eigenvalue weighted by Crippen LogP contribution is 2.38. The van der Waals surface area contributed by atoms with Gasteiger partial charge in [0.05, 0.1) is 0 Å². The Bertz CT molecular complexity index is 250. The van der Waals surface area contributed by atoms with E-state index in [1.807, 2.05) is 0 Å². The van der Waals surface area contributed by atoms with E-state index in [1.54, 1.807) is 11.3 Å². The van der Waals surface area contributed by atoms with E-state index in [0.29, 0.717) is 5.41 Å². The van der Waals surface area contributed by atoms with Gasteiger partial charge in [-0.2, -0.15) is 0 Å². The largest absolute Gasteiger partial charge is 0.383 e. The highest BCUT2D eigenvalue weighted by atomic mass is 32.1. The lowest BCUT2D eigenvalue weighted by Crippen LogP contribution is -2.18. The normalized spacial score (nSPS) is 20.2. The molecule has 2 rings (SSSR count). The number of hydrogen-bond donors (Lipinski definition) is 1. The van der Waals surface area contributed by atoms with Gasteiger partial charge in [-0.1, -0.05) is 13.8 Å². The van der Waals surface area contributed by atoms with Crippen molar-refractivity contribution in [3.63, 3.8) is 0 Å². The van der Waals surface area contributed by atoms with Crippen LogP contribution in [0.15, 0.2) is 10.8 Å². The van der Waals surface area contributed by atoms with Crippen LogP contribution in [0.2, 0.25) is 0 Å². The Hall–Kier alpha value is -0.500. The number of hydrogen-bond acceptors (Lipinski definition) is 2. The molecule has 1 N–H and O–H groups in total. The fourth-order valence-corrected chi connectivity index (χ4v) is 2.37. The third-order valence-electron chi connectivity index (χ3n) is 2.11. The Labute approximate surface area is 65.1 Å². The van der Waals surface area contributed by atoms with E-state index in [9.17, 15) is 0 Å². The quantitative estimate of drug-likeness (QED) is 0.603. The van der Waals surface area contributed by atoms with Crippen LogP contribution >= 0.6 is 11.3 Å². The van der Waals surface area contributed by atoms with E-state index in [-0.39, 0.29) is 0 Å². The van der Waals surface area contributed by atoms with Crippen molar-refractivity contribution in [1.82, 2.24) is 0 Å². The molecule has 0 amide bonds. The topological polar surface area (TPSA) is 12.0 Å². The summed E-state index contributed by atoms with van der Waals surface area (Å²) >= 11 is 1.78. The SMILES string of the molecule is CC1(C)CNc2cscc21. The van der Waals surface area contributed by atoms with E-state index in [0.717, 1.165) is 6.54 Å². The molecule has 0 aliphatic carbocycles. The van der Waals surface area contributed by atoms with Crippen LogP contribution in [0.1, 0.15) is 19.4 Å². The summed E-state index contributed by atoms with van der Waals surface area (Å²) in [6.45, 7) is 5.64. The molecule has 0 fully saturated rings. The van der Waals surface area contributed by atoms with Gasteiger partial charge < -0.3 is 5.32 Å². The lowest BCUT2D eigenvalue weighted by atomic mass is 9.89. The molecule has 2 heterocycles. The van der Waals surface area contributed by atoms with Crippen molar-refractivity contribution in [1.29, 1.82) is 0 Å². The van der Waals surface area contributed by atoms with Crippen molar-refractivity contribution in [3.8, 4) is 0 Å². The Morgan fingerprint density at radius 3 is 3.00 bits per heavy atom. The van der Waals surface area contributed by atoms with E-state index in [4.69, 9.17) is 0 Å². The van der Waals surface area contributed by atoms with Gasteiger partial charge in [0.25, 0.3) is 0 Å². The third kappa shape index (κ3) is 0.686. The summed E-state index contributed by atoms with van der Waals surface area (Å²) in [6.07, 6.45) is 0. The van der Waals surface area contributed by atoms with Crippen molar-refractivity contribution in [2.45, 2.75) is 19.3 Å². The van der Waals surface area contributed by atoms with E-state index in [1.165, 1.54) is 11.3 Å². The first-order valence-corrected chi connectivity index (χ1v) is 4.45. The van der Waals surface area contributed by atoms with E-state index in [2.05, 4.69) is 29.9 Å². The molecule has 0 atom stereocenters. The highest BCUT2D eigenvalue weighted by molar-refractivity contribution is 7.08. The van der Waals surface area contributed by atoms with Crippen LogP contribution in [-0.2, 0) is 5.41 Å². The molecule has 2 heteroatoms. The molecule has 0 bridgehead atoms. The number of fused-ring (bicyclic) bond motifs is 1. The van der Waals surface area contributed by atoms with Crippen molar-refractivity contribution in [3.05, 3.63) is 16.3 Å².